The van der Waals surface area contributed by atoms with Crippen LogP contribution in [0.2, 0.25) is 0 Å². The topological polar surface area (TPSA) is 41.1 Å². The number of nitrogens with one attached hydrogen (secondary N) is 1. The van der Waals surface area contributed by atoms with Gasteiger partial charge < -0.3 is 10.2 Å². The van der Waals surface area contributed by atoms with Crippen LogP contribution in [0.4, 0.5) is 5.82 Å². The molecule has 0 spiro atoms. The summed E-state index contributed by atoms with van der Waals surface area (Å²) in [6.45, 7) is -2.05. The molecular formula is C17H24N4S. The molecule has 0 aromatic carbocycles. The lowest BCUT2D eigenvalue weighted by Gasteiger charge is -2.33. The standard InChI is InChI=1S/C17H24N4S/c1-21(2)12-8-6-11(7-9-12)20-16-15-13-4-3-5-14(13)22-17(15)19-10-18-16/h10-12H,3-9H2,1-2H3,(H,18,19,20)/t11-,12-/i1D3,4D2. The number of nitrogens with zero attached hydrogens (tertiary/aromatic N) is 3. The van der Waals surface area contributed by atoms with Crippen LogP contribution in [0.15, 0.2) is 6.33 Å². The van der Waals surface area contributed by atoms with Crippen molar-refractivity contribution in [3.8, 4) is 0 Å². The average Bonchev–Trinajstić information content (AvgIpc) is 3.12. The predicted molar refractivity (Wildman–Crippen MR) is 92.8 cm³/mol. The Kier molecular flexibility index (Phi) is 2.58. The van der Waals surface area contributed by atoms with Crippen molar-refractivity contribution in [3.05, 3.63) is 16.8 Å². The van der Waals surface area contributed by atoms with Crippen molar-refractivity contribution >= 4 is 27.4 Å². The number of aromatic nitrogens is 2. The fraction of sp³-hybridized carbons (Fsp3) is 0.647. The van der Waals surface area contributed by atoms with Crippen molar-refractivity contribution in [1.82, 2.24) is 14.9 Å². The van der Waals surface area contributed by atoms with Gasteiger partial charge in [0, 0.05) is 23.8 Å². The number of aryl methyl sites for hydroxylation is 2. The summed E-state index contributed by atoms with van der Waals surface area (Å²) in [5.74, 6) is 0.718. The molecule has 118 valence electrons. The molecule has 1 saturated carbocycles. The van der Waals surface area contributed by atoms with Crippen molar-refractivity contribution in [2.24, 2.45) is 0 Å². The maximum absolute atomic E-state index is 8.35. The second-order valence-corrected chi connectivity index (χ2v) is 7.32. The molecule has 0 atom stereocenters. The van der Waals surface area contributed by atoms with Crippen molar-refractivity contribution < 1.29 is 6.85 Å². The fourth-order valence-electron chi connectivity index (χ4n) is 3.55. The van der Waals surface area contributed by atoms with Crippen LogP contribution in [0.1, 0.15) is 49.4 Å². The Morgan fingerprint density at radius 3 is 3.05 bits per heavy atom. The number of fused-ring (bicyclic) bond motifs is 3. The summed E-state index contributed by atoms with van der Waals surface area (Å²) in [6.07, 6.45) is 4.88. The first-order valence-electron chi connectivity index (χ1n) is 10.4. The number of thiophene rings is 1. The number of hydrogen-bond acceptors (Lipinski definition) is 5. The molecule has 1 fully saturated rings. The Morgan fingerprint density at radius 1 is 1.36 bits per heavy atom. The van der Waals surface area contributed by atoms with Crippen LogP contribution in [0, 0.1) is 0 Å². The van der Waals surface area contributed by atoms with Gasteiger partial charge in [0.2, 0.25) is 0 Å². The maximum atomic E-state index is 8.35. The molecule has 4 rings (SSSR count). The summed E-state index contributed by atoms with van der Waals surface area (Å²) in [5.41, 5.74) is 0.765. The summed E-state index contributed by atoms with van der Waals surface area (Å²) >= 11 is 1.57. The van der Waals surface area contributed by atoms with Crippen LogP contribution in [-0.4, -0.2) is 41.0 Å². The highest BCUT2D eigenvalue weighted by atomic mass is 32.1. The summed E-state index contributed by atoms with van der Waals surface area (Å²) < 4.78 is 39.4. The molecule has 0 radical (unpaired) electrons. The van der Waals surface area contributed by atoms with Gasteiger partial charge in [-0.05, 0) is 64.5 Å². The molecule has 2 aliphatic rings. The van der Waals surface area contributed by atoms with Gasteiger partial charge >= 0.3 is 0 Å². The van der Waals surface area contributed by atoms with Crippen LogP contribution in [-0.2, 0) is 12.8 Å². The molecule has 1 N–H and O–H groups in total. The van der Waals surface area contributed by atoms with E-state index >= 15 is 0 Å². The molecule has 2 aromatic heterocycles. The zero-order chi connectivity index (χ0) is 19.4. The molecule has 0 aliphatic heterocycles. The first-order valence-corrected chi connectivity index (χ1v) is 8.75. The Bertz CT molecular complexity index is 842. The van der Waals surface area contributed by atoms with Gasteiger partial charge in [0.15, 0.2) is 0 Å². The molecule has 2 heterocycles. The van der Waals surface area contributed by atoms with Crippen molar-refractivity contribution in [3.63, 3.8) is 0 Å². The van der Waals surface area contributed by atoms with E-state index in [0.717, 1.165) is 58.6 Å². The van der Waals surface area contributed by atoms with Gasteiger partial charge in [-0.3, -0.25) is 0 Å². The average molecular weight is 322 g/mol. The van der Waals surface area contributed by atoms with Crippen molar-refractivity contribution in [1.29, 1.82) is 0 Å². The van der Waals surface area contributed by atoms with E-state index in [0.29, 0.717) is 6.42 Å². The van der Waals surface area contributed by atoms with E-state index in [-0.39, 0.29) is 12.1 Å². The number of hydrogen-bond donors (Lipinski definition) is 1. The quantitative estimate of drug-likeness (QED) is 0.940. The summed E-state index contributed by atoms with van der Waals surface area (Å²) in [4.78, 5) is 12.2. The van der Waals surface area contributed by atoms with Crippen LogP contribution in [0.5, 0.6) is 0 Å². The van der Waals surface area contributed by atoms with E-state index in [2.05, 4.69) is 15.3 Å². The third kappa shape index (κ3) is 2.50. The lowest BCUT2D eigenvalue weighted by molar-refractivity contribution is 0.221. The summed E-state index contributed by atoms with van der Waals surface area (Å²) in [7, 11) is 1.68. The zero-order valence-corrected chi connectivity index (χ0v) is 13.5. The molecule has 4 nitrogen and oxygen atoms in total. The Morgan fingerprint density at radius 2 is 2.23 bits per heavy atom. The highest BCUT2D eigenvalue weighted by Crippen LogP contribution is 2.39. The normalized spacial score (nSPS) is 31.1. The minimum absolute atomic E-state index is 0.0699. The lowest BCUT2D eigenvalue weighted by Crippen LogP contribution is -2.36. The smallest absolute Gasteiger partial charge is 0.138 e. The molecule has 0 amide bonds. The molecule has 0 saturated heterocycles. The van der Waals surface area contributed by atoms with Crippen molar-refractivity contribution in [2.75, 3.05) is 19.3 Å². The first kappa shape index (κ1) is 9.83. The second-order valence-electron chi connectivity index (χ2n) is 6.24. The van der Waals surface area contributed by atoms with E-state index < -0.39 is 13.3 Å². The molecule has 0 bridgehead atoms. The van der Waals surface area contributed by atoms with Gasteiger partial charge in [0.05, 0.1) is 5.39 Å². The fourth-order valence-corrected chi connectivity index (χ4v) is 4.67. The van der Waals surface area contributed by atoms with E-state index in [9.17, 15) is 0 Å². The van der Waals surface area contributed by atoms with Gasteiger partial charge in [0.1, 0.15) is 17.0 Å². The lowest BCUT2D eigenvalue weighted by atomic mass is 9.90. The van der Waals surface area contributed by atoms with E-state index in [4.69, 9.17) is 6.85 Å². The number of rotatable bonds is 3. The zero-order valence-electron chi connectivity index (χ0n) is 17.7. The third-order valence-corrected chi connectivity index (χ3v) is 5.96. The first-order chi connectivity index (χ1) is 12.7. The molecule has 2 aliphatic carbocycles. The van der Waals surface area contributed by atoms with Crippen LogP contribution in [0.3, 0.4) is 0 Å². The highest BCUT2D eigenvalue weighted by molar-refractivity contribution is 7.19. The minimum atomic E-state index is -2.05. The van der Waals surface area contributed by atoms with Crippen LogP contribution >= 0.6 is 11.3 Å². The summed E-state index contributed by atoms with van der Waals surface area (Å²) in [5, 5.41) is 4.34. The van der Waals surface area contributed by atoms with Gasteiger partial charge in [-0.1, -0.05) is 0 Å². The van der Waals surface area contributed by atoms with Gasteiger partial charge in [-0.15, -0.1) is 11.3 Å². The molecule has 0 unspecified atom stereocenters. The van der Waals surface area contributed by atoms with E-state index in [1.807, 2.05) is 0 Å². The largest absolute Gasteiger partial charge is 0.367 e. The second kappa shape index (κ2) is 5.78. The number of anilines is 1. The van der Waals surface area contributed by atoms with Gasteiger partial charge in [-0.2, -0.15) is 0 Å². The predicted octanol–water partition coefficient (Wildman–Crippen LogP) is 3.46. The minimum Gasteiger partial charge on any atom is -0.367 e. The molecule has 5 heteroatoms. The Hall–Kier alpha value is -1.20. The SMILES string of the molecule is [2H]C1([2H])CCc2sc3ncnc(N[C@H]4CC[C@H](N(C)C([2H])([2H])[2H])CC4)c3c21. The van der Waals surface area contributed by atoms with Gasteiger partial charge in [0.25, 0.3) is 0 Å². The molecule has 2 aromatic rings. The van der Waals surface area contributed by atoms with E-state index in [1.54, 1.807) is 24.7 Å². The molecule has 22 heavy (non-hydrogen) atoms. The van der Waals surface area contributed by atoms with Crippen molar-refractivity contribution in [2.45, 2.75) is 57.0 Å². The highest BCUT2D eigenvalue weighted by Gasteiger charge is 2.25. The monoisotopic (exact) mass is 321 g/mol. The third-order valence-electron chi connectivity index (χ3n) is 4.80. The van der Waals surface area contributed by atoms with Crippen LogP contribution in [0.25, 0.3) is 10.2 Å². The maximum Gasteiger partial charge on any atom is 0.138 e. The Balaban J connectivity index is 1.53. The Labute approximate surface area is 143 Å². The summed E-state index contributed by atoms with van der Waals surface area (Å²) in [6, 6.07) is 0.285. The van der Waals surface area contributed by atoms with E-state index in [1.165, 1.54) is 4.90 Å². The molecular weight excluding hydrogens is 292 g/mol. The van der Waals surface area contributed by atoms with Gasteiger partial charge in [-0.25, -0.2) is 9.97 Å². The van der Waals surface area contributed by atoms with Crippen LogP contribution < -0.4 is 5.32 Å².